The average molecular weight is 508 g/mol. The lowest BCUT2D eigenvalue weighted by Crippen LogP contribution is -2.48. The van der Waals surface area contributed by atoms with E-state index in [1.165, 1.54) is 38.5 Å². The number of ether oxygens (including phenoxy) is 1. The lowest BCUT2D eigenvalue weighted by molar-refractivity contribution is -0.00805. The molecule has 198 valence electrons. The molecule has 0 spiro atoms. The maximum absolute atomic E-state index is 6.98. The van der Waals surface area contributed by atoms with E-state index in [0.29, 0.717) is 6.61 Å². The summed E-state index contributed by atoms with van der Waals surface area (Å²) in [5.74, 6) is 0. The average Bonchev–Trinajstić information content (AvgIpc) is 3.24. The predicted octanol–water partition coefficient (Wildman–Crippen LogP) is 8.57. The number of benzene rings is 2. The third kappa shape index (κ3) is 7.41. The van der Waals surface area contributed by atoms with Crippen LogP contribution in [0, 0.1) is 0 Å². The first-order valence-corrected chi connectivity index (χ1v) is 17.0. The summed E-state index contributed by atoms with van der Waals surface area (Å²) in [6, 6.07) is 21.2. The number of unbranched alkanes of at least 4 members (excludes halogenated alkanes) is 6. The van der Waals surface area contributed by atoms with Gasteiger partial charge in [-0.3, -0.25) is 5.32 Å². The summed E-state index contributed by atoms with van der Waals surface area (Å²) in [5.41, 5.74) is 1.56. The van der Waals surface area contributed by atoms with E-state index in [4.69, 9.17) is 9.16 Å². The van der Waals surface area contributed by atoms with Gasteiger partial charge >= 0.3 is 0 Å². The molecule has 2 atom stereocenters. The first kappa shape index (κ1) is 28.8. The van der Waals surface area contributed by atoms with E-state index in [0.717, 1.165) is 17.5 Å². The van der Waals surface area contributed by atoms with E-state index in [9.17, 15) is 0 Å². The molecule has 3 nitrogen and oxygen atoms in total. The van der Waals surface area contributed by atoms with Crippen LogP contribution in [0.4, 0.5) is 0 Å². The SMILES string of the molecule is CCCCCCCC/C=C/[C@@H]1OC(c2ccccc2)(c2ccccc2)N[C@H]1CO[Si](C)(C)C(C)(C)C. The number of hydrogen-bond donors (Lipinski definition) is 1. The normalized spacial score (nSPS) is 20.3. The molecule has 0 amide bonds. The Morgan fingerprint density at radius 1 is 0.889 bits per heavy atom. The Morgan fingerprint density at radius 2 is 1.44 bits per heavy atom. The van der Waals surface area contributed by atoms with Gasteiger partial charge in [-0.05, 0) is 31.0 Å². The fourth-order valence-corrected chi connectivity index (χ4v) is 5.61. The van der Waals surface area contributed by atoms with Crippen LogP contribution in [-0.4, -0.2) is 27.1 Å². The second-order valence-electron chi connectivity index (χ2n) is 11.8. The highest BCUT2D eigenvalue weighted by Crippen LogP contribution is 2.40. The Bertz CT molecular complexity index is 881. The van der Waals surface area contributed by atoms with Crippen molar-refractivity contribution in [2.24, 2.45) is 0 Å². The van der Waals surface area contributed by atoms with Gasteiger partial charge in [-0.1, -0.05) is 133 Å². The number of rotatable bonds is 13. The highest BCUT2D eigenvalue weighted by atomic mass is 28.4. The highest BCUT2D eigenvalue weighted by Gasteiger charge is 2.48. The van der Waals surface area contributed by atoms with Gasteiger partial charge in [0.25, 0.3) is 0 Å². The van der Waals surface area contributed by atoms with Crippen LogP contribution in [0.3, 0.4) is 0 Å². The van der Waals surface area contributed by atoms with Crippen molar-refractivity contribution in [3.05, 3.63) is 83.9 Å². The zero-order chi connectivity index (χ0) is 26.1. The Hall–Kier alpha value is -1.72. The van der Waals surface area contributed by atoms with Crippen LogP contribution in [0.1, 0.15) is 83.8 Å². The molecule has 0 unspecified atom stereocenters. The second kappa shape index (κ2) is 13.2. The fraction of sp³-hybridized carbons (Fsp3) is 0.562. The molecule has 1 heterocycles. The van der Waals surface area contributed by atoms with Crippen molar-refractivity contribution in [1.82, 2.24) is 5.32 Å². The summed E-state index contributed by atoms with van der Waals surface area (Å²) in [6.45, 7) is 14.5. The van der Waals surface area contributed by atoms with Crippen molar-refractivity contribution in [1.29, 1.82) is 0 Å². The summed E-state index contributed by atoms with van der Waals surface area (Å²) in [5, 5.41) is 4.08. The van der Waals surface area contributed by atoms with Crippen LogP contribution in [0.15, 0.2) is 72.8 Å². The van der Waals surface area contributed by atoms with Crippen LogP contribution in [0.5, 0.6) is 0 Å². The van der Waals surface area contributed by atoms with Crippen LogP contribution in [0.2, 0.25) is 18.1 Å². The van der Waals surface area contributed by atoms with Gasteiger partial charge in [0.2, 0.25) is 0 Å². The van der Waals surface area contributed by atoms with Gasteiger partial charge in [0, 0.05) is 11.1 Å². The minimum atomic E-state index is -1.89. The molecule has 0 aliphatic carbocycles. The minimum Gasteiger partial charge on any atom is -0.415 e. The molecule has 36 heavy (non-hydrogen) atoms. The molecular formula is C32H49NO2Si. The van der Waals surface area contributed by atoms with Crippen molar-refractivity contribution in [3.8, 4) is 0 Å². The van der Waals surface area contributed by atoms with Crippen LogP contribution in [-0.2, 0) is 14.9 Å². The molecule has 1 saturated heterocycles. The summed E-state index contributed by atoms with van der Waals surface area (Å²) >= 11 is 0. The van der Waals surface area contributed by atoms with Crippen molar-refractivity contribution in [2.75, 3.05) is 6.61 Å². The monoisotopic (exact) mass is 507 g/mol. The van der Waals surface area contributed by atoms with Crippen LogP contribution < -0.4 is 5.32 Å². The molecular weight excluding hydrogens is 458 g/mol. The van der Waals surface area contributed by atoms with Crippen LogP contribution >= 0.6 is 0 Å². The van der Waals surface area contributed by atoms with E-state index >= 15 is 0 Å². The maximum atomic E-state index is 6.98. The van der Waals surface area contributed by atoms with Crippen molar-refractivity contribution < 1.29 is 9.16 Å². The molecule has 1 fully saturated rings. The number of nitrogens with one attached hydrogen (secondary N) is 1. The first-order valence-electron chi connectivity index (χ1n) is 14.1. The minimum absolute atomic E-state index is 0.0599. The molecule has 0 aromatic heterocycles. The smallest absolute Gasteiger partial charge is 0.192 e. The van der Waals surface area contributed by atoms with Gasteiger partial charge in [-0.15, -0.1) is 0 Å². The Kier molecular flexibility index (Phi) is 10.6. The van der Waals surface area contributed by atoms with E-state index in [1.54, 1.807) is 0 Å². The Balaban J connectivity index is 1.81. The van der Waals surface area contributed by atoms with Gasteiger partial charge in [0.05, 0.1) is 18.8 Å². The van der Waals surface area contributed by atoms with Gasteiger partial charge < -0.3 is 9.16 Å². The quantitative estimate of drug-likeness (QED) is 0.167. The van der Waals surface area contributed by atoms with Gasteiger partial charge in [0.1, 0.15) is 0 Å². The Morgan fingerprint density at radius 3 is 2.00 bits per heavy atom. The Labute approximate surface area is 221 Å². The molecule has 1 N–H and O–H groups in total. The van der Waals surface area contributed by atoms with E-state index in [2.05, 4.69) is 119 Å². The van der Waals surface area contributed by atoms with Gasteiger partial charge in [-0.25, -0.2) is 0 Å². The molecule has 1 aliphatic heterocycles. The summed E-state index contributed by atoms with van der Waals surface area (Å²) in [4.78, 5) is 0. The van der Waals surface area contributed by atoms with E-state index < -0.39 is 14.0 Å². The molecule has 0 bridgehead atoms. The molecule has 3 rings (SSSR count). The van der Waals surface area contributed by atoms with E-state index in [1.807, 2.05) is 0 Å². The summed E-state index contributed by atoms with van der Waals surface area (Å²) in [6.07, 6.45) is 13.6. The van der Waals surface area contributed by atoms with Crippen molar-refractivity contribution in [3.63, 3.8) is 0 Å². The number of allylic oxidation sites excluding steroid dienone is 1. The topological polar surface area (TPSA) is 30.5 Å². The maximum Gasteiger partial charge on any atom is 0.192 e. The zero-order valence-corrected chi connectivity index (χ0v) is 24.6. The molecule has 1 aliphatic rings. The summed E-state index contributed by atoms with van der Waals surface area (Å²) < 4.78 is 13.7. The van der Waals surface area contributed by atoms with Gasteiger partial charge in [0.15, 0.2) is 14.0 Å². The second-order valence-corrected chi connectivity index (χ2v) is 16.6. The largest absolute Gasteiger partial charge is 0.415 e. The lowest BCUT2D eigenvalue weighted by atomic mass is 9.94. The molecule has 2 aromatic carbocycles. The lowest BCUT2D eigenvalue weighted by Gasteiger charge is -2.37. The predicted molar refractivity (Wildman–Crippen MR) is 156 cm³/mol. The fourth-order valence-electron chi connectivity index (χ4n) is 4.58. The third-order valence-corrected chi connectivity index (χ3v) is 12.4. The van der Waals surface area contributed by atoms with Crippen LogP contribution in [0.25, 0.3) is 0 Å². The number of hydrogen-bond acceptors (Lipinski definition) is 3. The highest BCUT2D eigenvalue weighted by molar-refractivity contribution is 6.74. The van der Waals surface area contributed by atoms with Crippen molar-refractivity contribution in [2.45, 2.75) is 109 Å². The standard InChI is InChI=1S/C32H49NO2Si/c1-7-8-9-10-11-12-13-20-25-30-29(26-34-36(5,6)31(2,3)4)33-32(35-30,27-21-16-14-17-22-27)28-23-18-15-19-24-28/h14-25,29-30,33H,7-13,26H2,1-6H3/b25-20+/t29-,30-/m0/s1. The van der Waals surface area contributed by atoms with E-state index in [-0.39, 0.29) is 17.2 Å². The molecule has 4 heteroatoms. The first-order chi connectivity index (χ1) is 17.2. The summed E-state index contributed by atoms with van der Waals surface area (Å²) in [7, 11) is -1.89. The van der Waals surface area contributed by atoms with Gasteiger partial charge in [-0.2, -0.15) is 0 Å². The van der Waals surface area contributed by atoms with Crippen molar-refractivity contribution >= 4 is 8.32 Å². The molecule has 0 radical (unpaired) electrons. The zero-order valence-electron chi connectivity index (χ0n) is 23.6. The third-order valence-electron chi connectivity index (χ3n) is 7.94. The molecule has 2 aromatic rings. The molecule has 0 saturated carbocycles.